The number of benzene rings is 2. The molecule has 1 saturated heterocycles. The molecule has 2 aromatic heterocycles. The molecule has 0 unspecified atom stereocenters. The first-order valence-electron chi connectivity index (χ1n) is 10.3. The molecule has 4 aromatic rings. The van der Waals surface area contributed by atoms with E-state index in [0.29, 0.717) is 13.1 Å². The Morgan fingerprint density at radius 1 is 0.900 bits per heavy atom. The highest BCUT2D eigenvalue weighted by Crippen LogP contribution is 2.26. The van der Waals surface area contributed by atoms with Gasteiger partial charge in [0.15, 0.2) is 0 Å². The van der Waals surface area contributed by atoms with Crippen LogP contribution < -0.4 is 4.74 Å². The summed E-state index contributed by atoms with van der Waals surface area (Å²) in [7, 11) is 0. The second-order valence-corrected chi connectivity index (χ2v) is 7.58. The third-order valence-corrected chi connectivity index (χ3v) is 5.64. The maximum absolute atomic E-state index is 12.9. The molecule has 1 aliphatic heterocycles. The lowest BCUT2D eigenvalue weighted by molar-refractivity contribution is 0.0597. The van der Waals surface area contributed by atoms with Crippen LogP contribution in [0.25, 0.3) is 16.6 Å². The fourth-order valence-corrected chi connectivity index (χ4v) is 3.99. The Morgan fingerprint density at radius 3 is 2.40 bits per heavy atom. The fraction of sp³-hybridized carbons (Fsp3) is 0.200. The number of amides is 1. The lowest BCUT2D eigenvalue weighted by atomic mass is 10.1. The first kappa shape index (κ1) is 18.4. The number of rotatable bonds is 4. The highest BCUT2D eigenvalue weighted by molar-refractivity contribution is 5.94. The van der Waals surface area contributed by atoms with Gasteiger partial charge in [-0.3, -0.25) is 9.78 Å². The Balaban J connectivity index is 1.22. The minimum absolute atomic E-state index is 0.0827. The number of para-hydroxylation sites is 1. The highest BCUT2D eigenvalue weighted by atomic mass is 16.5. The van der Waals surface area contributed by atoms with Gasteiger partial charge in [0.1, 0.15) is 17.4 Å². The third-order valence-electron chi connectivity index (χ3n) is 5.64. The van der Waals surface area contributed by atoms with E-state index in [1.54, 1.807) is 6.20 Å². The van der Waals surface area contributed by atoms with Crippen molar-refractivity contribution in [3.8, 4) is 11.4 Å². The Hall–Kier alpha value is -3.60. The van der Waals surface area contributed by atoms with Crippen LogP contribution in [0.2, 0.25) is 0 Å². The number of pyridine rings is 1. The summed E-state index contributed by atoms with van der Waals surface area (Å²) in [6, 6.07) is 21.7. The quantitative estimate of drug-likeness (QED) is 0.501. The van der Waals surface area contributed by atoms with Gasteiger partial charge in [0.05, 0.1) is 0 Å². The van der Waals surface area contributed by atoms with Crippen molar-refractivity contribution in [3.63, 3.8) is 0 Å². The van der Waals surface area contributed by atoms with E-state index in [1.165, 1.54) is 0 Å². The molecule has 0 N–H and O–H groups in total. The predicted octanol–water partition coefficient (Wildman–Crippen LogP) is 4.71. The number of fused-ring (bicyclic) bond motifs is 1. The molecule has 2 aromatic carbocycles. The number of ether oxygens (including phenoxy) is 1. The van der Waals surface area contributed by atoms with E-state index in [9.17, 15) is 4.79 Å². The van der Waals surface area contributed by atoms with Crippen LogP contribution in [0.3, 0.4) is 0 Å². The van der Waals surface area contributed by atoms with Crippen LogP contribution in [0, 0.1) is 0 Å². The van der Waals surface area contributed by atoms with Crippen molar-refractivity contribution in [1.82, 2.24) is 14.5 Å². The lowest BCUT2D eigenvalue weighted by Crippen LogP contribution is -2.41. The van der Waals surface area contributed by atoms with Crippen LogP contribution in [-0.4, -0.2) is 39.6 Å². The summed E-state index contributed by atoms with van der Waals surface area (Å²) in [4.78, 5) is 19.3. The average molecular weight is 397 g/mol. The van der Waals surface area contributed by atoms with E-state index in [4.69, 9.17) is 4.74 Å². The van der Waals surface area contributed by atoms with E-state index in [-0.39, 0.29) is 12.0 Å². The molecule has 1 fully saturated rings. The van der Waals surface area contributed by atoms with Gasteiger partial charge in [-0.15, -0.1) is 0 Å². The maximum Gasteiger partial charge on any atom is 0.253 e. The predicted molar refractivity (Wildman–Crippen MR) is 117 cm³/mol. The van der Waals surface area contributed by atoms with Crippen LogP contribution in [-0.2, 0) is 0 Å². The van der Waals surface area contributed by atoms with E-state index in [0.717, 1.165) is 40.7 Å². The number of aromatic nitrogens is 2. The fourth-order valence-electron chi connectivity index (χ4n) is 3.99. The topological polar surface area (TPSA) is 47.4 Å². The molecule has 150 valence electrons. The second kappa shape index (κ2) is 8.03. The largest absolute Gasteiger partial charge is 0.488 e. The van der Waals surface area contributed by atoms with E-state index < -0.39 is 0 Å². The molecule has 3 heterocycles. The third kappa shape index (κ3) is 3.66. The van der Waals surface area contributed by atoms with Gasteiger partial charge in [0.25, 0.3) is 5.91 Å². The van der Waals surface area contributed by atoms with Crippen LogP contribution in [0.4, 0.5) is 0 Å². The van der Waals surface area contributed by atoms with E-state index in [2.05, 4.69) is 4.98 Å². The molecule has 5 rings (SSSR count). The summed E-state index contributed by atoms with van der Waals surface area (Å²) in [6.45, 7) is 1.39. The number of likely N-dealkylation sites (tertiary alicyclic amines) is 1. The smallest absolute Gasteiger partial charge is 0.253 e. The number of hydrogen-bond acceptors (Lipinski definition) is 3. The Kier molecular flexibility index (Phi) is 4.93. The Morgan fingerprint density at radius 2 is 1.63 bits per heavy atom. The number of carbonyl (C=O) groups excluding carboxylic acids is 1. The van der Waals surface area contributed by atoms with E-state index in [1.807, 2.05) is 88.6 Å². The van der Waals surface area contributed by atoms with Crippen LogP contribution in [0.1, 0.15) is 23.2 Å². The summed E-state index contributed by atoms with van der Waals surface area (Å²) in [5.74, 6) is 0.901. The number of nitrogens with zero attached hydrogens (tertiary/aromatic N) is 3. The number of hydrogen-bond donors (Lipinski definition) is 0. The molecule has 0 saturated carbocycles. The Bertz CT molecular complexity index is 1140. The Labute approximate surface area is 175 Å². The molecule has 5 nitrogen and oxygen atoms in total. The molecule has 0 aliphatic carbocycles. The summed E-state index contributed by atoms with van der Waals surface area (Å²) in [6.07, 6.45) is 7.50. The maximum atomic E-state index is 12.9. The van der Waals surface area contributed by atoms with Crippen molar-refractivity contribution in [3.05, 3.63) is 90.9 Å². The van der Waals surface area contributed by atoms with Crippen molar-refractivity contribution in [1.29, 1.82) is 0 Å². The summed E-state index contributed by atoms with van der Waals surface area (Å²) >= 11 is 0. The molecule has 1 amide bonds. The molecule has 1 aliphatic rings. The normalized spacial score (nSPS) is 14.7. The zero-order valence-corrected chi connectivity index (χ0v) is 16.6. The van der Waals surface area contributed by atoms with Crippen LogP contribution in [0.5, 0.6) is 5.75 Å². The van der Waals surface area contributed by atoms with Crippen molar-refractivity contribution < 1.29 is 9.53 Å². The number of piperidine rings is 1. The summed E-state index contributed by atoms with van der Waals surface area (Å²) in [5.41, 5.74) is 2.66. The van der Waals surface area contributed by atoms with Gasteiger partial charge < -0.3 is 14.2 Å². The molecular weight excluding hydrogens is 374 g/mol. The lowest BCUT2D eigenvalue weighted by Gasteiger charge is -2.32. The van der Waals surface area contributed by atoms with Gasteiger partial charge in [-0.25, -0.2) is 0 Å². The number of carbonyl (C=O) groups is 1. The standard InChI is InChI=1S/C25H23N3O2/c29-25(20-8-10-21(11-9-20)27-15-1-2-16-27)28-17-12-22(13-18-28)30-23-7-3-5-19-6-4-14-26-24(19)23/h1-11,14-16,22H,12-13,17-18H2. The SMILES string of the molecule is O=C(c1ccc(-n2cccc2)cc1)N1CCC(Oc2cccc3cccnc23)CC1. The molecule has 0 bridgehead atoms. The van der Waals surface area contributed by atoms with Crippen molar-refractivity contribution in [2.75, 3.05) is 13.1 Å². The van der Waals surface area contributed by atoms with Gasteiger partial charge in [-0.05, 0) is 48.5 Å². The minimum Gasteiger partial charge on any atom is -0.488 e. The molecule has 0 atom stereocenters. The first-order chi connectivity index (χ1) is 14.8. The van der Waals surface area contributed by atoms with Crippen LogP contribution in [0.15, 0.2) is 85.3 Å². The first-order valence-corrected chi connectivity index (χ1v) is 10.3. The second-order valence-electron chi connectivity index (χ2n) is 7.58. The summed E-state index contributed by atoms with van der Waals surface area (Å²) in [5, 5.41) is 1.07. The zero-order chi connectivity index (χ0) is 20.3. The molecule has 30 heavy (non-hydrogen) atoms. The van der Waals surface area contributed by atoms with Crippen LogP contribution >= 0.6 is 0 Å². The zero-order valence-electron chi connectivity index (χ0n) is 16.6. The van der Waals surface area contributed by atoms with Gasteiger partial charge in [-0.2, -0.15) is 0 Å². The molecule has 5 heteroatoms. The van der Waals surface area contributed by atoms with Gasteiger partial charge in [0.2, 0.25) is 0 Å². The highest BCUT2D eigenvalue weighted by Gasteiger charge is 2.25. The van der Waals surface area contributed by atoms with Gasteiger partial charge in [-0.1, -0.05) is 18.2 Å². The molecule has 0 spiro atoms. The summed E-state index contributed by atoms with van der Waals surface area (Å²) < 4.78 is 8.28. The molecule has 0 radical (unpaired) electrons. The van der Waals surface area contributed by atoms with Crippen molar-refractivity contribution in [2.45, 2.75) is 18.9 Å². The molecular formula is C25H23N3O2. The van der Waals surface area contributed by atoms with Crippen molar-refractivity contribution in [2.24, 2.45) is 0 Å². The van der Waals surface area contributed by atoms with Crippen molar-refractivity contribution >= 4 is 16.8 Å². The monoisotopic (exact) mass is 397 g/mol. The minimum atomic E-state index is 0.0827. The van der Waals surface area contributed by atoms with E-state index >= 15 is 0 Å². The average Bonchev–Trinajstić information content (AvgIpc) is 3.35. The van der Waals surface area contributed by atoms with Gasteiger partial charge in [0, 0.05) is 61.2 Å². The van der Waals surface area contributed by atoms with Gasteiger partial charge >= 0.3 is 0 Å².